The van der Waals surface area contributed by atoms with Gasteiger partial charge in [-0.25, -0.2) is 4.67 Å². The predicted molar refractivity (Wildman–Crippen MR) is 251 cm³/mol. The highest BCUT2D eigenvalue weighted by Gasteiger charge is 2.53. The summed E-state index contributed by atoms with van der Waals surface area (Å²) in [4.78, 5) is 7.07. The SMILES string of the molecule is CC1C=C(n2c3ccccc3c3c4c(ccc32)-c2ccccc2C42c3ccccc3-c3ccncc32)C=CC1c1ccc(N2C(c3ccccc3)=[N+]=C2c2ccccc2)cc1. The number of amidine groups is 2. The summed E-state index contributed by atoms with van der Waals surface area (Å²) in [6.45, 7) is 2.36. The van der Waals surface area contributed by atoms with Crippen LogP contribution in [0.2, 0.25) is 0 Å². The number of allylic oxidation sites excluding steroid dienone is 4. The predicted octanol–water partition coefficient (Wildman–Crippen LogP) is 12.1. The van der Waals surface area contributed by atoms with Gasteiger partial charge in [0.1, 0.15) is 5.69 Å². The van der Waals surface area contributed by atoms with E-state index in [0.717, 1.165) is 28.5 Å². The molecule has 1 aliphatic heterocycles. The number of aromatic nitrogens is 2. The van der Waals surface area contributed by atoms with Crippen LogP contribution in [0.3, 0.4) is 0 Å². The zero-order chi connectivity index (χ0) is 40.2. The van der Waals surface area contributed by atoms with Gasteiger partial charge in [0, 0.05) is 34.8 Å². The summed E-state index contributed by atoms with van der Waals surface area (Å²) in [5.74, 6) is 2.44. The molecule has 286 valence electrons. The quantitative estimate of drug-likeness (QED) is 0.163. The van der Waals surface area contributed by atoms with Crippen molar-refractivity contribution in [1.29, 1.82) is 0 Å². The summed E-state index contributed by atoms with van der Waals surface area (Å²) in [6.07, 6.45) is 11.3. The molecule has 0 saturated carbocycles. The van der Waals surface area contributed by atoms with E-state index in [9.17, 15) is 0 Å². The summed E-state index contributed by atoms with van der Waals surface area (Å²) in [6, 6.07) is 64.0. The molecule has 4 nitrogen and oxygen atoms in total. The molecular formula is C57H39N4+. The lowest BCUT2D eigenvalue weighted by molar-refractivity contribution is 0.635. The molecule has 0 saturated heterocycles. The Bertz CT molecular complexity index is 3300. The largest absolute Gasteiger partial charge is 0.332 e. The molecule has 3 atom stereocenters. The van der Waals surface area contributed by atoms with Crippen molar-refractivity contribution in [2.24, 2.45) is 5.92 Å². The maximum Gasteiger partial charge on any atom is 0.332 e. The van der Waals surface area contributed by atoms with Gasteiger partial charge in [0.2, 0.25) is 0 Å². The first kappa shape index (κ1) is 34.1. The van der Waals surface area contributed by atoms with Gasteiger partial charge in [-0.3, -0.25) is 4.98 Å². The minimum Gasteiger partial charge on any atom is -0.310 e. The molecule has 3 unspecified atom stereocenters. The summed E-state index contributed by atoms with van der Waals surface area (Å²) >= 11 is 0. The zero-order valence-electron chi connectivity index (χ0n) is 33.6. The average molecular weight is 780 g/mol. The molecule has 3 aliphatic carbocycles. The van der Waals surface area contributed by atoms with Gasteiger partial charge in [0.25, 0.3) is 0 Å². The smallest absolute Gasteiger partial charge is 0.310 e. The normalized spacial score (nSPS) is 19.2. The molecule has 4 heteroatoms. The molecule has 2 aromatic heterocycles. The van der Waals surface area contributed by atoms with Crippen molar-refractivity contribution in [3.63, 3.8) is 0 Å². The minimum atomic E-state index is -0.481. The Balaban J connectivity index is 0.912. The minimum absolute atomic E-state index is 0.239. The lowest BCUT2D eigenvalue weighted by Gasteiger charge is -2.31. The van der Waals surface area contributed by atoms with E-state index in [-0.39, 0.29) is 11.8 Å². The van der Waals surface area contributed by atoms with Crippen molar-refractivity contribution in [2.45, 2.75) is 18.3 Å². The van der Waals surface area contributed by atoms with Gasteiger partial charge in [-0.1, -0.05) is 140 Å². The van der Waals surface area contributed by atoms with Crippen LogP contribution in [0.25, 0.3) is 49.8 Å². The number of nitrogens with zero attached hydrogens (tertiary/aromatic N) is 4. The van der Waals surface area contributed by atoms with Gasteiger partial charge in [-0.15, -0.1) is 0 Å². The molecule has 3 heterocycles. The van der Waals surface area contributed by atoms with E-state index < -0.39 is 5.41 Å². The van der Waals surface area contributed by atoms with Crippen molar-refractivity contribution in [3.8, 4) is 22.3 Å². The summed E-state index contributed by atoms with van der Waals surface area (Å²) in [5.41, 5.74) is 18.3. The third-order valence-corrected chi connectivity index (χ3v) is 13.6. The van der Waals surface area contributed by atoms with E-state index in [4.69, 9.17) is 9.65 Å². The number of rotatable bonds is 5. The Labute approximate surface area is 354 Å². The third-order valence-electron chi connectivity index (χ3n) is 13.6. The topological polar surface area (TPSA) is 35.2 Å². The average Bonchev–Trinajstić information content (AvgIpc) is 3.92. The highest BCUT2D eigenvalue weighted by molar-refractivity contribution is 6.35. The monoisotopic (exact) mass is 779 g/mol. The Hall–Kier alpha value is -7.78. The Morgan fingerprint density at radius 3 is 1.89 bits per heavy atom. The van der Waals surface area contributed by atoms with Gasteiger partial charge >= 0.3 is 11.7 Å². The van der Waals surface area contributed by atoms with Gasteiger partial charge < -0.3 is 4.57 Å². The van der Waals surface area contributed by atoms with Crippen LogP contribution < -0.4 is 9.57 Å². The van der Waals surface area contributed by atoms with Crippen LogP contribution in [0.1, 0.15) is 51.8 Å². The molecule has 0 amide bonds. The van der Waals surface area contributed by atoms with Crippen LogP contribution in [-0.2, 0) is 5.41 Å². The maximum atomic E-state index is 5.03. The fraction of sp³-hybridized carbons (Fsp3) is 0.0702. The first-order valence-corrected chi connectivity index (χ1v) is 21.3. The van der Waals surface area contributed by atoms with Crippen molar-refractivity contribution in [1.82, 2.24) is 14.2 Å². The highest BCUT2D eigenvalue weighted by atomic mass is 15.3. The lowest BCUT2D eigenvalue weighted by atomic mass is 9.70. The number of pyridine rings is 1. The molecule has 7 aromatic carbocycles. The Morgan fingerprint density at radius 1 is 0.557 bits per heavy atom. The van der Waals surface area contributed by atoms with Crippen molar-refractivity contribution in [2.75, 3.05) is 4.90 Å². The summed E-state index contributed by atoms with van der Waals surface area (Å²) in [7, 11) is 0. The van der Waals surface area contributed by atoms with Gasteiger partial charge in [-0.2, -0.15) is 4.90 Å². The first-order chi connectivity index (χ1) is 30.2. The molecule has 0 N–H and O–H groups in total. The Kier molecular flexibility index (Phi) is 7.19. The van der Waals surface area contributed by atoms with Crippen LogP contribution in [0.4, 0.5) is 5.69 Å². The number of hydrogen-bond donors (Lipinski definition) is 0. The fourth-order valence-corrected chi connectivity index (χ4v) is 11.1. The van der Waals surface area contributed by atoms with Gasteiger partial charge in [0.15, 0.2) is 0 Å². The van der Waals surface area contributed by atoms with Crippen LogP contribution in [0.5, 0.6) is 0 Å². The summed E-state index contributed by atoms with van der Waals surface area (Å²) < 4.78 is 7.53. The molecule has 0 fully saturated rings. The maximum absolute atomic E-state index is 5.03. The first-order valence-electron chi connectivity index (χ1n) is 21.3. The van der Waals surface area contributed by atoms with E-state index in [2.05, 4.69) is 217 Å². The second kappa shape index (κ2) is 12.9. The van der Waals surface area contributed by atoms with Crippen molar-refractivity contribution < 1.29 is 0 Å². The van der Waals surface area contributed by atoms with E-state index >= 15 is 0 Å². The van der Waals surface area contributed by atoms with E-state index in [1.165, 1.54) is 77.6 Å². The van der Waals surface area contributed by atoms with Gasteiger partial charge in [-0.05, 0) is 117 Å². The number of anilines is 1. The molecular weight excluding hydrogens is 741 g/mol. The number of fused-ring (bicyclic) bond motifs is 14. The standard InChI is InChI=1S/C57H39N4/c1-36-34-41(28-29-42(36)37-24-26-40(27-25-37)61-55(38-14-4-2-5-15-38)59-56(61)39-16-6-3-7-17-39)60-51-23-13-10-20-47(51)53-52(60)31-30-46-44-19-9-12-22-49(44)57(54(46)53)48-21-11-8-18-43(48)45-32-33-58-35-50(45)57/h2-36,42H,1H3/q+1. The van der Waals surface area contributed by atoms with E-state index in [1.54, 1.807) is 0 Å². The molecule has 0 radical (unpaired) electrons. The molecule has 0 bridgehead atoms. The second-order valence-electron chi connectivity index (χ2n) is 16.8. The number of benzene rings is 7. The van der Waals surface area contributed by atoms with Crippen LogP contribution >= 0.6 is 0 Å². The number of para-hydroxylation sites is 1. The molecule has 13 rings (SSSR count). The third kappa shape index (κ3) is 4.65. The van der Waals surface area contributed by atoms with E-state index in [0.29, 0.717) is 0 Å². The van der Waals surface area contributed by atoms with Crippen LogP contribution in [0.15, 0.2) is 207 Å². The Morgan fingerprint density at radius 2 is 1.18 bits per heavy atom. The lowest BCUT2D eigenvalue weighted by Crippen LogP contribution is -2.49. The van der Waals surface area contributed by atoms with Crippen molar-refractivity contribution in [3.05, 3.63) is 245 Å². The molecule has 4 aliphatic rings. The number of hydrogen-bond acceptors (Lipinski definition) is 2. The van der Waals surface area contributed by atoms with Crippen LogP contribution in [0, 0.1) is 5.92 Å². The molecule has 9 aromatic rings. The van der Waals surface area contributed by atoms with Crippen LogP contribution in [-0.4, -0.2) is 21.2 Å². The van der Waals surface area contributed by atoms with Gasteiger partial charge in [0.05, 0.1) is 27.6 Å². The zero-order valence-corrected chi connectivity index (χ0v) is 33.6. The van der Waals surface area contributed by atoms with Crippen molar-refractivity contribution >= 4 is 44.9 Å². The summed E-state index contributed by atoms with van der Waals surface area (Å²) in [5, 5.41) is 2.58. The second-order valence-corrected chi connectivity index (χ2v) is 16.8. The molecule has 61 heavy (non-hydrogen) atoms. The van der Waals surface area contributed by atoms with E-state index in [1.807, 2.05) is 6.20 Å². The molecule has 1 spiro atoms. The highest BCUT2D eigenvalue weighted by Crippen LogP contribution is 2.64. The fourth-order valence-electron chi connectivity index (χ4n) is 11.1.